The third-order valence-corrected chi connectivity index (χ3v) is 0. The van der Waals surface area contributed by atoms with Gasteiger partial charge in [0.05, 0.1) is 0 Å². The molecule has 0 bridgehead atoms. The molecule has 0 atom stereocenters. The molecule has 0 radical (unpaired) electrons. The monoisotopic (exact) mass is 342 g/mol. The minimum absolute atomic E-state index is 0. The number of hydrogen-bond donors (Lipinski definition) is 0. The molecule has 0 aliphatic heterocycles. The van der Waals surface area contributed by atoms with Crippen molar-refractivity contribution in [1.82, 2.24) is 0 Å². The molecule has 3 N–H and O–H groups in total. The van der Waals surface area contributed by atoms with E-state index in [1.54, 1.807) is 0 Å². The van der Waals surface area contributed by atoms with Gasteiger partial charge in [-0.05, 0) is 0 Å². The molecule has 0 aromatic rings. The van der Waals surface area contributed by atoms with Crippen molar-refractivity contribution in [2.75, 3.05) is 0 Å². The van der Waals surface area contributed by atoms with Crippen LogP contribution in [0.1, 0.15) is 0 Å². The Kier molecular flexibility index (Phi) is 334. The summed E-state index contributed by atoms with van der Waals surface area (Å²) in [6.45, 7) is 0. The van der Waals surface area contributed by atoms with Crippen molar-refractivity contribution in [3.05, 3.63) is 0 Å². The topological polar surface area (TPSA) is 61.5 Å². The summed E-state index contributed by atoms with van der Waals surface area (Å²) in [5.41, 5.74) is 0. The zero-order chi connectivity index (χ0) is 0. The summed E-state index contributed by atoms with van der Waals surface area (Å²) in [6.07, 6.45) is 0. The van der Waals surface area contributed by atoms with E-state index in [1.165, 1.54) is 0 Å². The quantitative estimate of drug-likeness (QED) is 0.318. The van der Waals surface area contributed by atoms with E-state index >= 15 is 0 Å². The summed E-state index contributed by atoms with van der Waals surface area (Å²) in [6, 6.07) is 0. The van der Waals surface area contributed by atoms with E-state index < -0.39 is 0 Å². The predicted molar refractivity (Wildman–Crippen MR) is 5.55 cm³/mol. The fourth-order valence-electron chi connectivity index (χ4n) is 0. The van der Waals surface area contributed by atoms with Gasteiger partial charge >= 0.3 is 132 Å². The maximum atomic E-state index is 0. The first-order chi connectivity index (χ1) is 0. The molecule has 0 fully saturated rings. The van der Waals surface area contributed by atoms with E-state index in [1.807, 2.05) is 0 Å². The summed E-state index contributed by atoms with van der Waals surface area (Å²) >= 11 is 0. The SMILES string of the molecule is O.[Br-].[I-].[K+].[K+].[Na+].[OH-]. The number of halogens is 2. The predicted octanol–water partition coefficient (Wildman–Crippen LogP) is -16.0. The molecule has 0 amide bonds. The second-order valence-corrected chi connectivity index (χ2v) is 0. The van der Waals surface area contributed by atoms with Crippen molar-refractivity contribution in [3.8, 4) is 0 Å². The maximum Gasteiger partial charge on any atom is 1.00 e. The van der Waals surface area contributed by atoms with Crippen LogP contribution in [0.4, 0.5) is 0 Å². The summed E-state index contributed by atoms with van der Waals surface area (Å²) in [5.74, 6) is 0. The van der Waals surface area contributed by atoms with Crippen LogP contribution in [-0.4, -0.2) is 11.0 Å². The normalized spacial score (nSPS) is 0. The molecule has 0 saturated carbocycles. The second-order valence-electron chi connectivity index (χ2n) is 0. The van der Waals surface area contributed by atoms with Gasteiger partial charge in [0.2, 0.25) is 0 Å². The van der Waals surface area contributed by atoms with Gasteiger partial charge in [0, 0.05) is 0 Å². The van der Waals surface area contributed by atoms with Crippen LogP contribution >= 0.6 is 0 Å². The van der Waals surface area contributed by atoms with Gasteiger partial charge in [-0.25, -0.2) is 0 Å². The van der Waals surface area contributed by atoms with E-state index in [0.717, 1.165) is 0 Å². The molecule has 32 valence electrons. The molecule has 0 unspecified atom stereocenters. The van der Waals surface area contributed by atoms with Gasteiger partial charge in [0.1, 0.15) is 0 Å². The van der Waals surface area contributed by atoms with Crippen molar-refractivity contribution < 1.29 is 184 Å². The van der Waals surface area contributed by atoms with Crippen molar-refractivity contribution in [2.45, 2.75) is 0 Å². The average Bonchev–Trinajstić information content (AvgIpc) is 0. The van der Waals surface area contributed by atoms with E-state index in [0.29, 0.717) is 0 Å². The molecule has 0 rings (SSSR count). The average molecular weight is 343 g/mol. The van der Waals surface area contributed by atoms with Gasteiger partial charge in [0.15, 0.2) is 0 Å². The minimum atomic E-state index is 0. The van der Waals surface area contributed by atoms with Gasteiger partial charge in [-0.15, -0.1) is 0 Å². The maximum absolute atomic E-state index is 0. The Balaban J connectivity index is 0. The second kappa shape index (κ2) is 42.3. The minimum Gasteiger partial charge on any atom is -1.00 e. The first-order valence-electron chi connectivity index (χ1n) is 0. The Morgan fingerprint density at radius 2 is 0.857 bits per heavy atom. The van der Waals surface area contributed by atoms with Crippen LogP contribution in [0, 0.1) is 0 Å². The van der Waals surface area contributed by atoms with Gasteiger partial charge < -0.3 is 51.9 Å². The Hall–Kier alpha value is 5.40. The summed E-state index contributed by atoms with van der Waals surface area (Å²) in [4.78, 5) is 0. The smallest absolute Gasteiger partial charge is 1.00 e. The molecule has 0 aliphatic rings. The van der Waals surface area contributed by atoms with Gasteiger partial charge in [-0.1, -0.05) is 0 Å². The molecule has 0 aromatic carbocycles. The Morgan fingerprint density at radius 3 is 0.857 bits per heavy atom. The van der Waals surface area contributed by atoms with E-state index in [9.17, 15) is 0 Å². The molecule has 2 nitrogen and oxygen atoms in total. The first-order valence-corrected chi connectivity index (χ1v) is 0. The van der Waals surface area contributed by atoms with Crippen molar-refractivity contribution in [1.29, 1.82) is 0 Å². The third-order valence-electron chi connectivity index (χ3n) is 0. The standard InChI is InChI=1S/BrH.HI.2K.Na.2H2O/h2*1H;;;;2*1H2/q;;3*+1;;/p-3. The molecule has 0 aromatic heterocycles. The first kappa shape index (κ1) is 55.2. The van der Waals surface area contributed by atoms with Gasteiger partial charge in [-0.3, -0.25) is 0 Å². The molecule has 0 heterocycles. The summed E-state index contributed by atoms with van der Waals surface area (Å²) in [7, 11) is 0. The zero-order valence-corrected chi connectivity index (χ0v) is 16.7. The van der Waals surface area contributed by atoms with Gasteiger partial charge in [0.25, 0.3) is 0 Å². The largest absolute Gasteiger partial charge is 1.00 e. The van der Waals surface area contributed by atoms with Crippen molar-refractivity contribution in [3.63, 3.8) is 0 Å². The number of hydrogen-bond acceptors (Lipinski definition) is 1. The van der Waals surface area contributed by atoms with E-state index in [4.69, 9.17) is 0 Å². The molecule has 0 spiro atoms. The van der Waals surface area contributed by atoms with Crippen LogP contribution in [-0.2, 0) is 0 Å². The fraction of sp³-hybridized carbons (Fsp3) is 0. The zero-order valence-electron chi connectivity index (χ0n) is 4.70. The number of rotatable bonds is 0. The van der Waals surface area contributed by atoms with Crippen LogP contribution in [0.3, 0.4) is 0 Å². The molecule has 7 heavy (non-hydrogen) atoms. The van der Waals surface area contributed by atoms with Gasteiger partial charge in [-0.2, -0.15) is 0 Å². The van der Waals surface area contributed by atoms with Crippen LogP contribution in [0.25, 0.3) is 0 Å². The Labute approximate surface area is 178 Å². The third kappa shape index (κ3) is 34.5. The van der Waals surface area contributed by atoms with Crippen molar-refractivity contribution in [2.24, 2.45) is 0 Å². The van der Waals surface area contributed by atoms with Crippen LogP contribution in [0.2, 0.25) is 0 Å². The Bertz CT molecular complexity index is 15.7. The summed E-state index contributed by atoms with van der Waals surface area (Å²) < 4.78 is 0. The summed E-state index contributed by atoms with van der Waals surface area (Å²) in [5, 5.41) is 0. The van der Waals surface area contributed by atoms with Crippen LogP contribution in [0.15, 0.2) is 0 Å². The molecule has 0 aliphatic carbocycles. The fourth-order valence-corrected chi connectivity index (χ4v) is 0. The van der Waals surface area contributed by atoms with Crippen LogP contribution < -0.4 is 173 Å². The molecule has 0 saturated heterocycles. The van der Waals surface area contributed by atoms with E-state index in [2.05, 4.69) is 0 Å². The van der Waals surface area contributed by atoms with Crippen molar-refractivity contribution >= 4 is 0 Å². The molecular weight excluding hydrogens is 340 g/mol. The van der Waals surface area contributed by atoms with Crippen LogP contribution in [0.5, 0.6) is 0 Å². The Morgan fingerprint density at radius 1 is 0.857 bits per heavy atom. The molecule has 7 heteroatoms. The molecular formula is H3BrIK2NaO2. The van der Waals surface area contributed by atoms with E-state index in [-0.39, 0.29) is 184 Å².